The van der Waals surface area contributed by atoms with Gasteiger partial charge >= 0.3 is 0 Å². The number of furan rings is 2. The Hall–Kier alpha value is -2.75. The number of carbonyl (C=O) groups excluding carboxylic acids is 1. The van der Waals surface area contributed by atoms with Crippen molar-refractivity contribution in [3.8, 4) is 17.1 Å². The maximum absolute atomic E-state index is 10.6. The van der Waals surface area contributed by atoms with Crippen LogP contribution in [0, 0.1) is 0 Å². The van der Waals surface area contributed by atoms with Gasteiger partial charge in [-0.15, -0.1) is 0 Å². The first kappa shape index (κ1) is 12.3. The fourth-order valence-electron chi connectivity index (χ4n) is 1.84. The molecule has 0 bridgehead atoms. The molecule has 0 aliphatic carbocycles. The number of aldehydes is 1. The van der Waals surface area contributed by atoms with Gasteiger partial charge in [-0.3, -0.25) is 4.79 Å². The Morgan fingerprint density at radius 2 is 1.90 bits per heavy atom. The fraction of sp³-hybridized carbons (Fsp3) is 0.0625. The van der Waals surface area contributed by atoms with Gasteiger partial charge in [0.2, 0.25) is 0 Å². The SMILES string of the molecule is O=Cc1ccc(-c2ccc(OCc3ccco3)cc2)o1. The van der Waals surface area contributed by atoms with Crippen molar-refractivity contribution < 1.29 is 18.4 Å². The monoisotopic (exact) mass is 268 g/mol. The standard InChI is InChI=1S/C16H12O4/c17-10-14-7-8-16(20-14)12-3-5-13(6-4-12)19-11-15-2-1-9-18-15/h1-10H,11H2. The van der Waals surface area contributed by atoms with Crippen molar-refractivity contribution in [3.63, 3.8) is 0 Å². The van der Waals surface area contributed by atoms with E-state index >= 15 is 0 Å². The van der Waals surface area contributed by atoms with E-state index in [2.05, 4.69) is 0 Å². The average Bonchev–Trinajstić information content (AvgIpc) is 3.17. The molecule has 1 aromatic carbocycles. The number of hydrogen-bond acceptors (Lipinski definition) is 4. The summed E-state index contributed by atoms with van der Waals surface area (Å²) in [7, 11) is 0. The van der Waals surface area contributed by atoms with E-state index in [1.54, 1.807) is 18.4 Å². The third-order valence-electron chi connectivity index (χ3n) is 2.84. The third kappa shape index (κ3) is 2.64. The molecule has 0 aliphatic rings. The van der Waals surface area contributed by atoms with Crippen molar-refractivity contribution in [2.24, 2.45) is 0 Å². The first-order valence-corrected chi connectivity index (χ1v) is 6.16. The van der Waals surface area contributed by atoms with Crippen LogP contribution in [0.5, 0.6) is 5.75 Å². The predicted molar refractivity (Wildman–Crippen MR) is 72.6 cm³/mol. The van der Waals surface area contributed by atoms with E-state index in [4.69, 9.17) is 13.6 Å². The van der Waals surface area contributed by atoms with Crippen LogP contribution in [0.3, 0.4) is 0 Å². The summed E-state index contributed by atoms with van der Waals surface area (Å²) >= 11 is 0. The Bertz CT molecular complexity index is 678. The van der Waals surface area contributed by atoms with E-state index < -0.39 is 0 Å². The second-order valence-electron chi connectivity index (χ2n) is 4.21. The fourth-order valence-corrected chi connectivity index (χ4v) is 1.84. The zero-order valence-corrected chi connectivity index (χ0v) is 10.6. The molecule has 0 aliphatic heterocycles. The second kappa shape index (κ2) is 5.48. The van der Waals surface area contributed by atoms with Crippen molar-refractivity contribution >= 4 is 6.29 Å². The molecule has 100 valence electrons. The molecule has 3 aromatic rings. The summed E-state index contributed by atoms with van der Waals surface area (Å²) in [6.45, 7) is 0.391. The van der Waals surface area contributed by atoms with Gasteiger partial charge in [-0.1, -0.05) is 0 Å². The Morgan fingerprint density at radius 1 is 1.05 bits per heavy atom. The highest BCUT2D eigenvalue weighted by Crippen LogP contribution is 2.24. The van der Waals surface area contributed by atoms with Crippen LogP contribution in [-0.4, -0.2) is 6.29 Å². The van der Waals surface area contributed by atoms with Gasteiger partial charge in [0.25, 0.3) is 0 Å². The zero-order chi connectivity index (χ0) is 13.8. The van der Waals surface area contributed by atoms with Crippen molar-refractivity contribution in [2.75, 3.05) is 0 Å². The first-order chi connectivity index (χ1) is 9.85. The van der Waals surface area contributed by atoms with E-state index in [0.29, 0.717) is 24.4 Å². The van der Waals surface area contributed by atoms with Crippen LogP contribution >= 0.6 is 0 Å². The molecule has 0 saturated carbocycles. The summed E-state index contributed by atoms with van der Waals surface area (Å²) < 4.78 is 16.1. The number of rotatable bonds is 5. The minimum absolute atomic E-state index is 0.318. The molecule has 0 fully saturated rings. The number of benzene rings is 1. The molecule has 2 aromatic heterocycles. The summed E-state index contributed by atoms with van der Waals surface area (Å²) in [4.78, 5) is 10.6. The Labute approximate surface area is 115 Å². The van der Waals surface area contributed by atoms with E-state index in [1.807, 2.05) is 36.4 Å². The molecule has 0 atom stereocenters. The van der Waals surface area contributed by atoms with Crippen LogP contribution in [-0.2, 0) is 6.61 Å². The Morgan fingerprint density at radius 3 is 2.55 bits per heavy atom. The maximum atomic E-state index is 10.6. The van der Waals surface area contributed by atoms with E-state index in [1.165, 1.54) is 0 Å². The minimum Gasteiger partial charge on any atom is -0.486 e. The van der Waals surface area contributed by atoms with Crippen LogP contribution in [0.2, 0.25) is 0 Å². The lowest BCUT2D eigenvalue weighted by molar-refractivity contribution is 0.110. The molecule has 2 heterocycles. The van der Waals surface area contributed by atoms with Gasteiger partial charge in [-0.05, 0) is 48.5 Å². The molecule has 3 rings (SSSR count). The number of hydrogen-bond donors (Lipinski definition) is 0. The van der Waals surface area contributed by atoms with Gasteiger partial charge in [0.05, 0.1) is 6.26 Å². The summed E-state index contributed by atoms with van der Waals surface area (Å²) in [5, 5.41) is 0. The van der Waals surface area contributed by atoms with Crippen LogP contribution in [0.1, 0.15) is 16.3 Å². The summed E-state index contributed by atoms with van der Waals surface area (Å²) in [6, 6.07) is 14.5. The number of carbonyl (C=O) groups is 1. The van der Waals surface area contributed by atoms with Crippen molar-refractivity contribution in [1.29, 1.82) is 0 Å². The highest BCUT2D eigenvalue weighted by molar-refractivity contribution is 5.72. The quantitative estimate of drug-likeness (QED) is 0.658. The molecule has 0 spiro atoms. The lowest BCUT2D eigenvalue weighted by Gasteiger charge is -2.04. The smallest absolute Gasteiger partial charge is 0.185 e. The highest BCUT2D eigenvalue weighted by atomic mass is 16.5. The topological polar surface area (TPSA) is 52.6 Å². The highest BCUT2D eigenvalue weighted by Gasteiger charge is 2.04. The van der Waals surface area contributed by atoms with Gasteiger partial charge in [0, 0.05) is 5.56 Å². The van der Waals surface area contributed by atoms with Gasteiger partial charge in [0.1, 0.15) is 23.9 Å². The average molecular weight is 268 g/mol. The summed E-state index contributed by atoms with van der Waals surface area (Å²) in [5.74, 6) is 2.49. The molecule has 20 heavy (non-hydrogen) atoms. The van der Waals surface area contributed by atoms with Gasteiger partial charge in [0.15, 0.2) is 12.0 Å². The molecule has 0 N–H and O–H groups in total. The predicted octanol–water partition coefficient (Wildman–Crippen LogP) is 3.93. The molecule has 0 amide bonds. The molecule has 4 heteroatoms. The molecule has 0 unspecified atom stereocenters. The van der Waals surface area contributed by atoms with Crippen molar-refractivity contribution in [1.82, 2.24) is 0 Å². The van der Waals surface area contributed by atoms with Crippen LogP contribution < -0.4 is 4.74 Å². The van der Waals surface area contributed by atoms with Gasteiger partial charge < -0.3 is 13.6 Å². The van der Waals surface area contributed by atoms with Crippen molar-refractivity contribution in [2.45, 2.75) is 6.61 Å². The zero-order valence-electron chi connectivity index (χ0n) is 10.6. The van der Waals surface area contributed by atoms with Gasteiger partial charge in [-0.25, -0.2) is 0 Å². The third-order valence-corrected chi connectivity index (χ3v) is 2.84. The Balaban J connectivity index is 1.69. The van der Waals surface area contributed by atoms with Crippen LogP contribution in [0.15, 0.2) is 63.6 Å². The molecule has 0 radical (unpaired) electrons. The second-order valence-corrected chi connectivity index (χ2v) is 4.21. The summed E-state index contributed by atoms with van der Waals surface area (Å²) in [6.07, 6.45) is 2.30. The summed E-state index contributed by atoms with van der Waals surface area (Å²) in [5.41, 5.74) is 0.892. The molecule has 4 nitrogen and oxygen atoms in total. The minimum atomic E-state index is 0.318. The lowest BCUT2D eigenvalue weighted by Crippen LogP contribution is -1.93. The van der Waals surface area contributed by atoms with Crippen LogP contribution in [0.4, 0.5) is 0 Å². The lowest BCUT2D eigenvalue weighted by atomic mass is 10.2. The van der Waals surface area contributed by atoms with E-state index in [-0.39, 0.29) is 0 Å². The largest absolute Gasteiger partial charge is 0.486 e. The molecular weight excluding hydrogens is 256 g/mol. The maximum Gasteiger partial charge on any atom is 0.185 e. The van der Waals surface area contributed by atoms with Crippen molar-refractivity contribution in [3.05, 3.63) is 66.3 Å². The molecule has 0 saturated heterocycles. The molecular formula is C16H12O4. The first-order valence-electron chi connectivity index (χ1n) is 6.16. The van der Waals surface area contributed by atoms with E-state index in [0.717, 1.165) is 17.1 Å². The van der Waals surface area contributed by atoms with E-state index in [9.17, 15) is 4.79 Å². The number of ether oxygens (including phenoxy) is 1. The van der Waals surface area contributed by atoms with Gasteiger partial charge in [-0.2, -0.15) is 0 Å². The Kier molecular flexibility index (Phi) is 3.37. The normalized spacial score (nSPS) is 10.4. The van der Waals surface area contributed by atoms with Crippen LogP contribution in [0.25, 0.3) is 11.3 Å².